The van der Waals surface area contributed by atoms with Crippen LogP contribution in [-0.4, -0.2) is 23.5 Å². The van der Waals surface area contributed by atoms with Gasteiger partial charge in [-0.05, 0) is 6.92 Å². The van der Waals surface area contributed by atoms with Crippen LogP contribution in [0.1, 0.15) is 6.92 Å². The highest BCUT2D eigenvalue weighted by Crippen LogP contribution is 2.02. The molecule has 0 radical (unpaired) electrons. The van der Waals surface area contributed by atoms with E-state index in [1.165, 1.54) is 0 Å². The van der Waals surface area contributed by atoms with Crippen molar-refractivity contribution in [1.29, 1.82) is 0 Å². The van der Waals surface area contributed by atoms with Gasteiger partial charge in [-0.3, -0.25) is 0 Å². The molecule has 0 unspecified atom stereocenters. The highest BCUT2D eigenvalue weighted by molar-refractivity contribution is 4.95. The molecule has 0 bridgehead atoms. The Morgan fingerprint density at radius 3 is 2.67 bits per heavy atom. The van der Waals surface area contributed by atoms with Gasteiger partial charge < -0.3 is 9.80 Å². The second-order valence-electron chi connectivity index (χ2n) is 2.19. The third kappa shape index (κ3) is 1.49. The summed E-state index contributed by atoms with van der Waals surface area (Å²) in [5, 5.41) is 0. The third-order valence-corrected chi connectivity index (χ3v) is 1.24. The maximum atomic E-state index is 2.12. The summed E-state index contributed by atoms with van der Waals surface area (Å²) in [6.07, 6.45) is 8.20. The van der Waals surface area contributed by atoms with Gasteiger partial charge in [0.1, 0.15) is 0 Å². The summed E-state index contributed by atoms with van der Waals surface area (Å²) in [7, 11) is 2.06. The maximum absolute atomic E-state index is 2.12. The van der Waals surface area contributed by atoms with Crippen LogP contribution in [0.25, 0.3) is 0 Å². The van der Waals surface area contributed by atoms with Crippen molar-refractivity contribution >= 4 is 0 Å². The van der Waals surface area contributed by atoms with Crippen LogP contribution in [0.15, 0.2) is 24.7 Å². The summed E-state index contributed by atoms with van der Waals surface area (Å²) in [5.41, 5.74) is 0. The first-order valence-corrected chi connectivity index (χ1v) is 3.10. The van der Waals surface area contributed by atoms with Gasteiger partial charge in [0.25, 0.3) is 0 Å². The number of allylic oxidation sites excluding steroid dienone is 1. The molecule has 1 rings (SSSR count). The van der Waals surface area contributed by atoms with Crippen molar-refractivity contribution in [2.24, 2.45) is 0 Å². The quantitative estimate of drug-likeness (QED) is 0.518. The van der Waals surface area contributed by atoms with Gasteiger partial charge in [0.05, 0.1) is 6.67 Å². The highest BCUT2D eigenvalue weighted by atomic mass is 15.3. The fourth-order valence-electron chi connectivity index (χ4n) is 0.840. The molecule has 0 fully saturated rings. The lowest BCUT2D eigenvalue weighted by atomic mass is 10.6. The van der Waals surface area contributed by atoms with Gasteiger partial charge in [-0.15, -0.1) is 0 Å². The number of rotatable bonds is 1. The van der Waals surface area contributed by atoms with Crippen LogP contribution in [0.3, 0.4) is 0 Å². The molecule has 0 saturated heterocycles. The second-order valence-corrected chi connectivity index (χ2v) is 2.19. The smallest absolute Gasteiger partial charge is 0.0932 e. The molecule has 9 heavy (non-hydrogen) atoms. The average Bonchev–Trinajstić information content (AvgIpc) is 2.17. The van der Waals surface area contributed by atoms with E-state index in [4.69, 9.17) is 0 Å². The molecule has 2 nitrogen and oxygen atoms in total. The van der Waals surface area contributed by atoms with E-state index in [0.717, 1.165) is 6.67 Å². The van der Waals surface area contributed by atoms with Crippen LogP contribution in [0.4, 0.5) is 0 Å². The minimum Gasteiger partial charge on any atom is -0.361 e. The minimum absolute atomic E-state index is 0.977. The van der Waals surface area contributed by atoms with Gasteiger partial charge in [0.15, 0.2) is 0 Å². The molecule has 1 aliphatic heterocycles. The lowest BCUT2D eigenvalue weighted by Gasteiger charge is -2.12. The van der Waals surface area contributed by atoms with E-state index in [-0.39, 0.29) is 0 Å². The van der Waals surface area contributed by atoms with Crippen molar-refractivity contribution < 1.29 is 0 Å². The summed E-state index contributed by atoms with van der Waals surface area (Å²) in [6, 6.07) is 0. The Hall–Kier alpha value is -0.920. The zero-order valence-electron chi connectivity index (χ0n) is 5.91. The van der Waals surface area contributed by atoms with Crippen molar-refractivity contribution in [1.82, 2.24) is 9.80 Å². The Bertz CT molecular complexity index is 138. The predicted octanol–water partition coefficient (Wildman–Crippen LogP) is 1.20. The summed E-state index contributed by atoms with van der Waals surface area (Å²) < 4.78 is 0. The largest absolute Gasteiger partial charge is 0.361 e. The normalized spacial score (nSPS) is 18.4. The van der Waals surface area contributed by atoms with E-state index >= 15 is 0 Å². The molecular formula is C7H12N2. The van der Waals surface area contributed by atoms with E-state index in [1.807, 2.05) is 13.0 Å². The molecule has 1 heterocycles. The first-order chi connectivity index (χ1) is 4.33. The topological polar surface area (TPSA) is 6.48 Å². The van der Waals surface area contributed by atoms with E-state index < -0.39 is 0 Å². The molecule has 0 aromatic rings. The summed E-state index contributed by atoms with van der Waals surface area (Å²) >= 11 is 0. The van der Waals surface area contributed by atoms with Crippen LogP contribution in [-0.2, 0) is 0 Å². The molecule has 1 aliphatic rings. The predicted molar refractivity (Wildman–Crippen MR) is 38.4 cm³/mol. The van der Waals surface area contributed by atoms with Crippen molar-refractivity contribution in [3.05, 3.63) is 24.7 Å². The SMILES string of the molecule is CC=CN1C=CN(C)C1. The lowest BCUT2D eigenvalue weighted by molar-refractivity contribution is 0.364. The zero-order chi connectivity index (χ0) is 6.69. The Labute approximate surface area is 56.1 Å². The van der Waals surface area contributed by atoms with Gasteiger partial charge in [0.2, 0.25) is 0 Å². The molecule has 0 aromatic carbocycles. The maximum Gasteiger partial charge on any atom is 0.0932 e. The first-order valence-electron chi connectivity index (χ1n) is 3.10. The number of hydrogen-bond donors (Lipinski definition) is 0. The van der Waals surface area contributed by atoms with Crippen LogP contribution in [0.5, 0.6) is 0 Å². The van der Waals surface area contributed by atoms with E-state index in [2.05, 4.69) is 35.4 Å². The fraction of sp³-hybridized carbons (Fsp3) is 0.429. The molecular weight excluding hydrogens is 112 g/mol. The van der Waals surface area contributed by atoms with Crippen LogP contribution in [0, 0.1) is 0 Å². The van der Waals surface area contributed by atoms with Crippen molar-refractivity contribution in [2.45, 2.75) is 6.92 Å². The van der Waals surface area contributed by atoms with Gasteiger partial charge in [-0.25, -0.2) is 0 Å². The monoisotopic (exact) mass is 124 g/mol. The summed E-state index contributed by atoms with van der Waals surface area (Å²) in [5.74, 6) is 0. The van der Waals surface area contributed by atoms with Gasteiger partial charge in [-0.2, -0.15) is 0 Å². The molecule has 0 amide bonds. The Morgan fingerprint density at radius 1 is 1.44 bits per heavy atom. The molecule has 0 spiro atoms. The molecule has 2 heteroatoms. The van der Waals surface area contributed by atoms with E-state index in [9.17, 15) is 0 Å². The van der Waals surface area contributed by atoms with E-state index in [1.54, 1.807) is 0 Å². The van der Waals surface area contributed by atoms with Crippen molar-refractivity contribution in [2.75, 3.05) is 13.7 Å². The lowest BCUT2D eigenvalue weighted by Crippen LogP contribution is -2.17. The van der Waals surface area contributed by atoms with Gasteiger partial charge in [-0.1, -0.05) is 6.08 Å². The van der Waals surface area contributed by atoms with Crippen molar-refractivity contribution in [3.63, 3.8) is 0 Å². The second kappa shape index (κ2) is 2.58. The summed E-state index contributed by atoms with van der Waals surface area (Å²) in [4.78, 5) is 4.25. The van der Waals surface area contributed by atoms with Crippen LogP contribution < -0.4 is 0 Å². The fourth-order valence-corrected chi connectivity index (χ4v) is 0.840. The van der Waals surface area contributed by atoms with Crippen LogP contribution in [0.2, 0.25) is 0 Å². The highest BCUT2D eigenvalue weighted by Gasteiger charge is 2.02. The minimum atomic E-state index is 0.977. The Balaban J connectivity index is 2.41. The number of nitrogens with zero attached hydrogens (tertiary/aromatic N) is 2. The van der Waals surface area contributed by atoms with Gasteiger partial charge >= 0.3 is 0 Å². The number of hydrogen-bond acceptors (Lipinski definition) is 2. The Morgan fingerprint density at radius 2 is 2.22 bits per heavy atom. The van der Waals surface area contributed by atoms with E-state index in [0.29, 0.717) is 0 Å². The zero-order valence-corrected chi connectivity index (χ0v) is 5.91. The average molecular weight is 124 g/mol. The molecule has 0 atom stereocenters. The molecule has 0 aliphatic carbocycles. The molecule has 0 N–H and O–H groups in total. The first kappa shape index (κ1) is 6.20. The van der Waals surface area contributed by atoms with Crippen molar-refractivity contribution in [3.8, 4) is 0 Å². The summed E-state index contributed by atoms with van der Waals surface area (Å²) in [6.45, 7) is 3.00. The third-order valence-electron chi connectivity index (χ3n) is 1.24. The van der Waals surface area contributed by atoms with Gasteiger partial charge in [0, 0.05) is 25.6 Å². The molecule has 0 aromatic heterocycles. The molecule has 50 valence electrons. The molecule has 0 saturated carbocycles. The standard InChI is InChI=1S/C7H12N2/c1-3-4-9-6-5-8(2)7-9/h3-6H,7H2,1-2H3. The van der Waals surface area contributed by atoms with Crippen LogP contribution >= 0.6 is 0 Å². The Kier molecular flexibility index (Phi) is 1.78.